The number of hydrogen-bond acceptors (Lipinski definition) is 3. The second-order valence-electron chi connectivity index (χ2n) is 4.35. The minimum absolute atomic E-state index is 0.0372. The first-order valence-electron chi connectivity index (χ1n) is 6.51. The highest BCUT2D eigenvalue weighted by Crippen LogP contribution is 2.36. The lowest BCUT2D eigenvalue weighted by Crippen LogP contribution is -2.06. The molecule has 0 saturated heterocycles. The summed E-state index contributed by atoms with van der Waals surface area (Å²) in [7, 11) is 0. The van der Waals surface area contributed by atoms with Gasteiger partial charge in [0.2, 0.25) is 0 Å². The zero-order valence-electron chi connectivity index (χ0n) is 11.7. The molecule has 0 amide bonds. The van der Waals surface area contributed by atoms with Gasteiger partial charge < -0.3 is 9.47 Å². The quantitative estimate of drug-likeness (QED) is 0.750. The summed E-state index contributed by atoms with van der Waals surface area (Å²) in [5, 5.41) is 0. The lowest BCUT2D eigenvalue weighted by Gasteiger charge is -2.14. The molecular formula is C16H13F3O3. The Morgan fingerprint density at radius 3 is 2.32 bits per heavy atom. The van der Waals surface area contributed by atoms with Crippen molar-refractivity contribution in [2.24, 2.45) is 0 Å². The molecule has 0 aliphatic carbocycles. The molecule has 0 bridgehead atoms. The van der Waals surface area contributed by atoms with E-state index in [-0.39, 0.29) is 11.3 Å². The molecule has 2 aromatic carbocycles. The van der Waals surface area contributed by atoms with E-state index in [0.29, 0.717) is 24.4 Å². The second kappa shape index (κ2) is 6.51. The van der Waals surface area contributed by atoms with E-state index in [1.54, 1.807) is 31.2 Å². The van der Waals surface area contributed by atoms with E-state index in [0.717, 1.165) is 18.2 Å². The number of ether oxygens (including phenoxy) is 2. The normalized spacial score (nSPS) is 11.1. The molecular weight excluding hydrogens is 297 g/mol. The van der Waals surface area contributed by atoms with Crippen molar-refractivity contribution < 1.29 is 27.4 Å². The molecule has 22 heavy (non-hydrogen) atoms. The Morgan fingerprint density at radius 1 is 1.05 bits per heavy atom. The fourth-order valence-corrected chi connectivity index (χ4v) is 1.84. The Bertz CT molecular complexity index is 666. The number of alkyl halides is 3. The van der Waals surface area contributed by atoms with Crippen LogP contribution in [0.5, 0.6) is 17.2 Å². The van der Waals surface area contributed by atoms with Gasteiger partial charge in [0.25, 0.3) is 0 Å². The Kier molecular flexibility index (Phi) is 4.70. The van der Waals surface area contributed by atoms with Crippen LogP contribution in [0.25, 0.3) is 0 Å². The molecule has 0 aliphatic heterocycles. The average Bonchev–Trinajstić information content (AvgIpc) is 2.48. The standard InChI is InChI=1S/C16H13F3O3/c1-2-21-14-5-3-4-6-15(14)22-13-8-7-12(16(17,18)19)9-11(13)10-20/h3-10H,2H2,1H3. The van der Waals surface area contributed by atoms with Crippen LogP contribution >= 0.6 is 0 Å². The van der Waals surface area contributed by atoms with Crippen molar-refractivity contribution in [1.29, 1.82) is 0 Å². The zero-order chi connectivity index (χ0) is 16.2. The molecule has 0 unspecified atom stereocenters. The van der Waals surface area contributed by atoms with E-state index in [4.69, 9.17) is 9.47 Å². The lowest BCUT2D eigenvalue weighted by molar-refractivity contribution is -0.137. The van der Waals surface area contributed by atoms with Crippen LogP contribution < -0.4 is 9.47 Å². The predicted octanol–water partition coefficient (Wildman–Crippen LogP) is 4.71. The molecule has 116 valence electrons. The number of aldehydes is 1. The summed E-state index contributed by atoms with van der Waals surface area (Å²) in [6.07, 6.45) is -4.19. The van der Waals surface area contributed by atoms with Crippen LogP contribution in [0, 0.1) is 0 Å². The topological polar surface area (TPSA) is 35.5 Å². The van der Waals surface area contributed by atoms with E-state index in [2.05, 4.69) is 0 Å². The minimum atomic E-state index is -4.51. The highest BCUT2D eigenvalue weighted by Gasteiger charge is 2.31. The van der Waals surface area contributed by atoms with Crippen LogP contribution in [-0.4, -0.2) is 12.9 Å². The van der Waals surface area contributed by atoms with Crippen LogP contribution in [0.3, 0.4) is 0 Å². The van der Waals surface area contributed by atoms with Crippen molar-refractivity contribution >= 4 is 6.29 Å². The van der Waals surface area contributed by atoms with E-state index in [1.807, 2.05) is 0 Å². The van der Waals surface area contributed by atoms with Gasteiger partial charge in [0.05, 0.1) is 17.7 Å². The third-order valence-electron chi connectivity index (χ3n) is 2.83. The maximum Gasteiger partial charge on any atom is 0.416 e. The molecule has 2 rings (SSSR count). The number of benzene rings is 2. The fraction of sp³-hybridized carbons (Fsp3) is 0.188. The Balaban J connectivity index is 2.36. The fourth-order valence-electron chi connectivity index (χ4n) is 1.84. The Labute approximate surface area is 125 Å². The van der Waals surface area contributed by atoms with Gasteiger partial charge in [-0.3, -0.25) is 4.79 Å². The lowest BCUT2D eigenvalue weighted by atomic mass is 10.1. The zero-order valence-corrected chi connectivity index (χ0v) is 11.7. The summed E-state index contributed by atoms with van der Waals surface area (Å²) in [6.45, 7) is 2.21. The molecule has 0 fully saturated rings. The molecule has 0 heterocycles. The molecule has 2 aromatic rings. The third kappa shape index (κ3) is 3.58. The Hall–Kier alpha value is -2.50. The molecule has 6 heteroatoms. The van der Waals surface area contributed by atoms with Crippen molar-refractivity contribution in [3.8, 4) is 17.2 Å². The van der Waals surface area contributed by atoms with Gasteiger partial charge in [-0.15, -0.1) is 0 Å². The van der Waals surface area contributed by atoms with Crippen LogP contribution in [0.2, 0.25) is 0 Å². The van der Waals surface area contributed by atoms with Gasteiger partial charge in [0.15, 0.2) is 17.8 Å². The van der Waals surface area contributed by atoms with Gasteiger partial charge in [-0.05, 0) is 37.3 Å². The summed E-state index contributed by atoms with van der Waals surface area (Å²) >= 11 is 0. The minimum Gasteiger partial charge on any atom is -0.490 e. The maximum absolute atomic E-state index is 12.7. The number of hydrogen-bond donors (Lipinski definition) is 0. The second-order valence-corrected chi connectivity index (χ2v) is 4.35. The Morgan fingerprint density at radius 2 is 1.73 bits per heavy atom. The molecule has 0 spiro atoms. The number of halogens is 3. The number of rotatable bonds is 5. The molecule has 0 aromatic heterocycles. The van der Waals surface area contributed by atoms with Crippen molar-refractivity contribution in [3.05, 3.63) is 53.6 Å². The predicted molar refractivity (Wildman–Crippen MR) is 74.5 cm³/mol. The first-order chi connectivity index (χ1) is 10.5. The van der Waals surface area contributed by atoms with Gasteiger partial charge in [-0.2, -0.15) is 13.2 Å². The molecule has 3 nitrogen and oxygen atoms in total. The summed E-state index contributed by atoms with van der Waals surface area (Å²) in [6, 6.07) is 9.46. The number of carbonyl (C=O) groups excluding carboxylic acids is 1. The summed E-state index contributed by atoms with van der Waals surface area (Å²) < 4.78 is 48.8. The van der Waals surface area contributed by atoms with E-state index < -0.39 is 11.7 Å². The third-order valence-corrected chi connectivity index (χ3v) is 2.83. The molecule has 0 N–H and O–H groups in total. The molecule has 0 aliphatic rings. The first kappa shape index (κ1) is 15.9. The van der Waals surface area contributed by atoms with E-state index >= 15 is 0 Å². The van der Waals surface area contributed by atoms with Gasteiger partial charge in [0.1, 0.15) is 5.75 Å². The van der Waals surface area contributed by atoms with Gasteiger partial charge in [-0.1, -0.05) is 12.1 Å². The number of carbonyl (C=O) groups is 1. The monoisotopic (exact) mass is 310 g/mol. The molecule has 0 atom stereocenters. The highest BCUT2D eigenvalue weighted by molar-refractivity contribution is 5.80. The average molecular weight is 310 g/mol. The van der Waals surface area contributed by atoms with Crippen LogP contribution in [0.4, 0.5) is 13.2 Å². The summed E-state index contributed by atoms with van der Waals surface area (Å²) in [5.74, 6) is 0.809. The molecule has 0 saturated carbocycles. The highest BCUT2D eigenvalue weighted by atomic mass is 19.4. The van der Waals surface area contributed by atoms with Crippen molar-refractivity contribution in [2.45, 2.75) is 13.1 Å². The van der Waals surface area contributed by atoms with Crippen LogP contribution in [0.15, 0.2) is 42.5 Å². The van der Waals surface area contributed by atoms with Crippen molar-refractivity contribution in [2.75, 3.05) is 6.61 Å². The first-order valence-corrected chi connectivity index (χ1v) is 6.51. The number of para-hydroxylation sites is 2. The van der Waals surface area contributed by atoms with Crippen molar-refractivity contribution in [3.63, 3.8) is 0 Å². The molecule has 0 radical (unpaired) electrons. The van der Waals surface area contributed by atoms with Gasteiger partial charge in [0, 0.05) is 0 Å². The van der Waals surface area contributed by atoms with Crippen molar-refractivity contribution in [1.82, 2.24) is 0 Å². The van der Waals surface area contributed by atoms with Gasteiger partial charge in [-0.25, -0.2) is 0 Å². The van der Waals surface area contributed by atoms with E-state index in [9.17, 15) is 18.0 Å². The largest absolute Gasteiger partial charge is 0.490 e. The smallest absolute Gasteiger partial charge is 0.416 e. The maximum atomic E-state index is 12.7. The van der Waals surface area contributed by atoms with E-state index in [1.165, 1.54) is 0 Å². The summed E-state index contributed by atoms with van der Waals surface area (Å²) in [5.41, 5.74) is -1.08. The van der Waals surface area contributed by atoms with Crippen LogP contribution in [0.1, 0.15) is 22.8 Å². The summed E-state index contributed by atoms with van der Waals surface area (Å²) in [4.78, 5) is 11.0. The SMILES string of the molecule is CCOc1ccccc1Oc1ccc(C(F)(F)F)cc1C=O. The van der Waals surface area contributed by atoms with Gasteiger partial charge >= 0.3 is 6.18 Å². The van der Waals surface area contributed by atoms with Crippen LogP contribution in [-0.2, 0) is 6.18 Å².